The number of hydrogen-bond acceptors (Lipinski definition) is 8. The number of nitrogens with two attached hydrogens (primary N) is 2. The van der Waals surface area contributed by atoms with Crippen molar-refractivity contribution in [2.75, 3.05) is 6.54 Å². The van der Waals surface area contributed by atoms with Gasteiger partial charge in [0.1, 0.15) is 43.0 Å². The molecule has 4 N–H and O–H groups in total. The van der Waals surface area contributed by atoms with Crippen LogP contribution in [0.25, 0.3) is 0 Å². The standard InChI is InChI=1S/C19H24F2N8O2/c20-14-4-5-15(16(21)7-14)19(8-28-12-24-10-26-28,9-29-13-25-11-27-29)31-18(30)17(23)3-1-2-6-22/h4-5,7,10-13,17H,1-3,6,8-9,22-23H2/t17-/m0/s1. The van der Waals surface area contributed by atoms with Gasteiger partial charge in [-0.15, -0.1) is 0 Å². The second-order valence-electron chi connectivity index (χ2n) is 7.12. The van der Waals surface area contributed by atoms with Crippen LogP contribution in [0.15, 0.2) is 43.5 Å². The van der Waals surface area contributed by atoms with Crippen LogP contribution in [0.1, 0.15) is 24.8 Å². The Kier molecular flexibility index (Phi) is 7.36. The van der Waals surface area contributed by atoms with E-state index in [1.165, 1.54) is 40.7 Å². The molecule has 0 saturated carbocycles. The Morgan fingerprint density at radius 1 is 1.10 bits per heavy atom. The van der Waals surface area contributed by atoms with E-state index in [2.05, 4.69) is 20.2 Å². The summed E-state index contributed by atoms with van der Waals surface area (Å²) in [5, 5.41) is 8.09. The summed E-state index contributed by atoms with van der Waals surface area (Å²) >= 11 is 0. The number of hydrogen-bond donors (Lipinski definition) is 2. The van der Waals surface area contributed by atoms with Crippen molar-refractivity contribution < 1.29 is 18.3 Å². The summed E-state index contributed by atoms with van der Waals surface area (Å²) in [7, 11) is 0. The number of nitrogens with zero attached hydrogens (tertiary/aromatic N) is 6. The molecule has 166 valence electrons. The van der Waals surface area contributed by atoms with Crippen LogP contribution >= 0.6 is 0 Å². The van der Waals surface area contributed by atoms with Crippen molar-refractivity contribution in [2.24, 2.45) is 11.5 Å². The van der Waals surface area contributed by atoms with Crippen LogP contribution in [0.3, 0.4) is 0 Å². The minimum atomic E-state index is -1.65. The van der Waals surface area contributed by atoms with Crippen LogP contribution in [0, 0.1) is 11.6 Å². The molecule has 0 spiro atoms. The van der Waals surface area contributed by atoms with Crippen LogP contribution in [0.2, 0.25) is 0 Å². The van der Waals surface area contributed by atoms with E-state index in [4.69, 9.17) is 16.2 Å². The number of aromatic nitrogens is 6. The molecule has 1 aromatic carbocycles. The van der Waals surface area contributed by atoms with Gasteiger partial charge in [-0.3, -0.25) is 4.79 Å². The molecule has 10 nitrogen and oxygen atoms in total. The molecule has 0 fully saturated rings. The SMILES string of the molecule is NCCCC[C@H](N)C(=O)OC(Cn1cncn1)(Cn1cncn1)c1ccc(F)cc1F. The Morgan fingerprint density at radius 2 is 1.74 bits per heavy atom. The second kappa shape index (κ2) is 10.2. The summed E-state index contributed by atoms with van der Waals surface area (Å²) in [5.74, 6) is -2.38. The summed E-state index contributed by atoms with van der Waals surface area (Å²) < 4.78 is 37.2. The van der Waals surface area contributed by atoms with Gasteiger partial charge in [0.05, 0.1) is 13.1 Å². The number of esters is 1. The first-order valence-electron chi connectivity index (χ1n) is 9.72. The average Bonchev–Trinajstić information content (AvgIpc) is 3.42. The van der Waals surface area contributed by atoms with E-state index >= 15 is 0 Å². The topological polar surface area (TPSA) is 140 Å². The smallest absolute Gasteiger partial charge is 0.323 e. The molecule has 0 radical (unpaired) electrons. The van der Waals surface area contributed by atoms with Gasteiger partial charge < -0.3 is 16.2 Å². The Labute approximate surface area is 177 Å². The predicted molar refractivity (Wildman–Crippen MR) is 105 cm³/mol. The lowest BCUT2D eigenvalue weighted by molar-refractivity contribution is -0.168. The minimum Gasteiger partial charge on any atom is -0.449 e. The highest BCUT2D eigenvalue weighted by Gasteiger charge is 2.42. The lowest BCUT2D eigenvalue weighted by Gasteiger charge is -2.34. The molecule has 0 amide bonds. The molecular weight excluding hydrogens is 410 g/mol. The first kappa shape index (κ1) is 22.4. The Morgan fingerprint density at radius 3 is 2.26 bits per heavy atom. The fourth-order valence-corrected chi connectivity index (χ4v) is 3.25. The normalized spacial score (nSPS) is 12.6. The van der Waals surface area contributed by atoms with Gasteiger partial charge in [0.2, 0.25) is 0 Å². The molecule has 0 bridgehead atoms. The third-order valence-electron chi connectivity index (χ3n) is 4.76. The van der Waals surface area contributed by atoms with Crippen LogP contribution in [-0.4, -0.2) is 48.1 Å². The number of ether oxygens (including phenoxy) is 1. The summed E-state index contributed by atoms with van der Waals surface area (Å²) in [5.41, 5.74) is 9.80. The number of unbranched alkanes of at least 4 members (excludes halogenated alkanes) is 1. The molecule has 0 aliphatic carbocycles. The number of benzene rings is 1. The fraction of sp³-hybridized carbons (Fsp3) is 0.421. The predicted octanol–water partition coefficient (Wildman–Crippen LogP) is 0.743. The molecule has 3 aromatic rings. The van der Waals surface area contributed by atoms with Gasteiger partial charge in [0.15, 0.2) is 5.60 Å². The van der Waals surface area contributed by atoms with E-state index < -0.39 is 29.2 Å². The zero-order valence-corrected chi connectivity index (χ0v) is 16.8. The lowest BCUT2D eigenvalue weighted by atomic mass is 9.92. The Bertz CT molecular complexity index is 929. The average molecular weight is 434 g/mol. The zero-order chi connectivity index (χ0) is 22.3. The van der Waals surface area contributed by atoms with Gasteiger partial charge in [-0.25, -0.2) is 28.1 Å². The van der Waals surface area contributed by atoms with E-state index in [0.717, 1.165) is 12.1 Å². The van der Waals surface area contributed by atoms with Gasteiger partial charge in [-0.05, 0) is 31.5 Å². The number of rotatable bonds is 11. The van der Waals surface area contributed by atoms with Crippen LogP contribution in [0.5, 0.6) is 0 Å². The first-order valence-corrected chi connectivity index (χ1v) is 9.72. The molecule has 0 unspecified atom stereocenters. The molecule has 2 heterocycles. The van der Waals surface area contributed by atoms with Gasteiger partial charge in [0.25, 0.3) is 0 Å². The molecular formula is C19H24F2N8O2. The molecule has 1 atom stereocenters. The van der Waals surface area contributed by atoms with Crippen molar-refractivity contribution in [3.05, 3.63) is 60.7 Å². The maximum Gasteiger partial charge on any atom is 0.323 e. The third-order valence-corrected chi connectivity index (χ3v) is 4.76. The third kappa shape index (κ3) is 5.67. The lowest BCUT2D eigenvalue weighted by Crippen LogP contribution is -2.46. The van der Waals surface area contributed by atoms with Crippen molar-refractivity contribution in [2.45, 2.75) is 44.0 Å². The van der Waals surface area contributed by atoms with Gasteiger partial charge in [-0.2, -0.15) is 10.2 Å². The largest absolute Gasteiger partial charge is 0.449 e. The fourth-order valence-electron chi connectivity index (χ4n) is 3.25. The van der Waals surface area contributed by atoms with Crippen LogP contribution in [0.4, 0.5) is 8.78 Å². The van der Waals surface area contributed by atoms with E-state index in [0.29, 0.717) is 25.8 Å². The van der Waals surface area contributed by atoms with Crippen molar-refractivity contribution in [3.8, 4) is 0 Å². The Hall–Kier alpha value is -3.25. The molecule has 3 rings (SSSR count). The molecule has 0 saturated heterocycles. The maximum atomic E-state index is 14.9. The summed E-state index contributed by atoms with van der Waals surface area (Å²) in [6.07, 6.45) is 7.07. The maximum absolute atomic E-state index is 14.9. The van der Waals surface area contributed by atoms with Crippen LogP contribution in [-0.2, 0) is 28.2 Å². The van der Waals surface area contributed by atoms with Crippen molar-refractivity contribution in [3.63, 3.8) is 0 Å². The van der Waals surface area contributed by atoms with Gasteiger partial charge in [-0.1, -0.05) is 6.42 Å². The Balaban J connectivity index is 2.01. The second-order valence-corrected chi connectivity index (χ2v) is 7.12. The van der Waals surface area contributed by atoms with E-state index in [-0.39, 0.29) is 18.7 Å². The minimum absolute atomic E-state index is 0.0533. The molecule has 0 aliphatic heterocycles. The molecule has 12 heteroatoms. The summed E-state index contributed by atoms with van der Waals surface area (Å²) in [4.78, 5) is 20.7. The van der Waals surface area contributed by atoms with E-state index in [9.17, 15) is 13.6 Å². The highest BCUT2D eigenvalue weighted by Crippen LogP contribution is 2.33. The molecule has 0 aliphatic rings. The van der Waals surface area contributed by atoms with Crippen molar-refractivity contribution in [1.29, 1.82) is 0 Å². The monoisotopic (exact) mass is 434 g/mol. The highest BCUT2D eigenvalue weighted by molar-refractivity contribution is 5.76. The highest BCUT2D eigenvalue weighted by atomic mass is 19.1. The quantitative estimate of drug-likeness (QED) is 0.333. The van der Waals surface area contributed by atoms with E-state index in [1.54, 1.807) is 0 Å². The van der Waals surface area contributed by atoms with Crippen LogP contribution < -0.4 is 11.5 Å². The van der Waals surface area contributed by atoms with Crippen molar-refractivity contribution >= 4 is 5.97 Å². The number of carbonyl (C=O) groups excluding carboxylic acids is 1. The summed E-state index contributed by atoms with van der Waals surface area (Å²) in [6.45, 7) is 0.248. The molecule has 31 heavy (non-hydrogen) atoms. The molecule has 2 aromatic heterocycles. The van der Waals surface area contributed by atoms with Crippen molar-refractivity contribution in [1.82, 2.24) is 29.5 Å². The van der Waals surface area contributed by atoms with Gasteiger partial charge in [0, 0.05) is 11.6 Å². The van der Waals surface area contributed by atoms with Gasteiger partial charge >= 0.3 is 5.97 Å². The zero-order valence-electron chi connectivity index (χ0n) is 16.8. The number of carbonyl (C=O) groups is 1. The number of halogens is 2. The first-order chi connectivity index (χ1) is 14.9. The van der Waals surface area contributed by atoms with E-state index in [1.807, 2.05) is 0 Å². The summed E-state index contributed by atoms with van der Waals surface area (Å²) in [6, 6.07) is 2.10.